The van der Waals surface area contributed by atoms with Crippen LogP contribution in [-0.4, -0.2) is 32.8 Å². The van der Waals surface area contributed by atoms with Crippen LogP contribution in [-0.2, 0) is 7.05 Å². The summed E-state index contributed by atoms with van der Waals surface area (Å²) in [5.41, 5.74) is 7.02. The third kappa shape index (κ3) is 3.50. The minimum Gasteiger partial charge on any atom is -0.395 e. The number of aliphatic hydroxyl groups excluding tert-OH is 1. The molecular weight excluding hydrogens is 222 g/mol. The standard InChI is InChI=1S/C11H21N3OS/c1-4-5-9(12)10(7-15)16-11-6-8(2)13-14(11)3/h6,9-10,15H,4-5,7,12H2,1-3H3. The van der Waals surface area contributed by atoms with Crippen LogP contribution in [0, 0.1) is 6.92 Å². The number of aliphatic hydroxyl groups is 1. The number of hydrogen-bond donors (Lipinski definition) is 2. The first kappa shape index (κ1) is 13.5. The summed E-state index contributed by atoms with van der Waals surface area (Å²) in [6.07, 6.45) is 1.98. The van der Waals surface area contributed by atoms with E-state index in [0.717, 1.165) is 23.6 Å². The Morgan fingerprint density at radius 2 is 2.31 bits per heavy atom. The molecule has 5 heteroatoms. The van der Waals surface area contributed by atoms with Crippen LogP contribution in [0.1, 0.15) is 25.5 Å². The summed E-state index contributed by atoms with van der Waals surface area (Å²) in [5.74, 6) is 0. The average Bonchev–Trinajstić information content (AvgIpc) is 2.54. The number of nitrogens with two attached hydrogens (primary N) is 1. The largest absolute Gasteiger partial charge is 0.395 e. The third-order valence-electron chi connectivity index (χ3n) is 2.51. The Morgan fingerprint density at radius 3 is 2.75 bits per heavy atom. The molecule has 0 saturated heterocycles. The van der Waals surface area contributed by atoms with Gasteiger partial charge in [-0.05, 0) is 19.4 Å². The minimum atomic E-state index is 0.0372. The van der Waals surface area contributed by atoms with Gasteiger partial charge in [-0.1, -0.05) is 25.1 Å². The summed E-state index contributed by atoms with van der Waals surface area (Å²) < 4.78 is 1.83. The number of hydrogen-bond acceptors (Lipinski definition) is 4. The maximum atomic E-state index is 9.35. The molecule has 1 aromatic heterocycles. The Hall–Kier alpha value is -0.520. The number of aromatic nitrogens is 2. The highest BCUT2D eigenvalue weighted by Crippen LogP contribution is 2.26. The summed E-state index contributed by atoms with van der Waals surface area (Å²) in [7, 11) is 1.91. The van der Waals surface area contributed by atoms with E-state index < -0.39 is 0 Å². The molecule has 4 nitrogen and oxygen atoms in total. The molecule has 2 atom stereocenters. The molecule has 2 unspecified atom stereocenters. The van der Waals surface area contributed by atoms with Gasteiger partial charge in [-0.3, -0.25) is 4.68 Å². The van der Waals surface area contributed by atoms with Crippen molar-refractivity contribution in [1.82, 2.24) is 9.78 Å². The molecule has 0 aliphatic heterocycles. The second kappa shape index (κ2) is 6.27. The predicted molar refractivity (Wildman–Crippen MR) is 67.6 cm³/mol. The van der Waals surface area contributed by atoms with Gasteiger partial charge in [-0.2, -0.15) is 5.10 Å². The number of nitrogens with zero attached hydrogens (tertiary/aromatic N) is 2. The fraction of sp³-hybridized carbons (Fsp3) is 0.727. The Morgan fingerprint density at radius 1 is 1.62 bits per heavy atom. The van der Waals surface area contributed by atoms with Gasteiger partial charge in [0.1, 0.15) is 0 Å². The van der Waals surface area contributed by atoms with Crippen molar-refractivity contribution in [3.63, 3.8) is 0 Å². The van der Waals surface area contributed by atoms with Gasteiger partial charge in [0, 0.05) is 18.3 Å². The summed E-state index contributed by atoms with van der Waals surface area (Å²) in [6, 6.07) is 2.06. The van der Waals surface area contributed by atoms with E-state index in [1.807, 2.05) is 24.7 Å². The van der Waals surface area contributed by atoms with Gasteiger partial charge in [0.15, 0.2) is 0 Å². The van der Waals surface area contributed by atoms with Crippen LogP contribution < -0.4 is 5.73 Å². The van der Waals surface area contributed by atoms with Gasteiger partial charge in [0.2, 0.25) is 0 Å². The predicted octanol–water partition coefficient (Wildman–Crippen LogP) is 1.31. The van der Waals surface area contributed by atoms with E-state index in [2.05, 4.69) is 12.0 Å². The maximum absolute atomic E-state index is 9.35. The molecule has 1 aromatic rings. The molecule has 1 rings (SSSR count). The van der Waals surface area contributed by atoms with Crippen molar-refractivity contribution in [2.24, 2.45) is 12.8 Å². The van der Waals surface area contributed by atoms with Crippen LogP contribution in [0.15, 0.2) is 11.1 Å². The average molecular weight is 243 g/mol. The SMILES string of the molecule is CCCC(N)C(CO)Sc1cc(C)nn1C. The smallest absolute Gasteiger partial charge is 0.0943 e. The Kier molecular flexibility index (Phi) is 5.31. The first-order valence-electron chi connectivity index (χ1n) is 5.62. The Bertz CT molecular complexity index is 327. The van der Waals surface area contributed by atoms with E-state index in [4.69, 9.17) is 5.73 Å². The summed E-state index contributed by atoms with van der Waals surface area (Å²) in [5, 5.41) is 14.7. The molecule has 16 heavy (non-hydrogen) atoms. The van der Waals surface area contributed by atoms with Crippen molar-refractivity contribution >= 4 is 11.8 Å². The fourth-order valence-corrected chi connectivity index (χ4v) is 2.76. The van der Waals surface area contributed by atoms with Gasteiger partial charge in [-0.15, -0.1) is 0 Å². The molecule has 3 N–H and O–H groups in total. The molecule has 92 valence electrons. The molecular formula is C11H21N3OS. The van der Waals surface area contributed by atoms with Crippen LogP contribution in [0.3, 0.4) is 0 Å². The van der Waals surface area contributed by atoms with E-state index >= 15 is 0 Å². The molecule has 0 amide bonds. The molecule has 0 radical (unpaired) electrons. The highest BCUT2D eigenvalue weighted by molar-refractivity contribution is 8.00. The quantitative estimate of drug-likeness (QED) is 0.739. The summed E-state index contributed by atoms with van der Waals surface area (Å²) >= 11 is 1.61. The number of rotatable bonds is 6. The van der Waals surface area contributed by atoms with Gasteiger partial charge >= 0.3 is 0 Å². The minimum absolute atomic E-state index is 0.0372. The first-order valence-corrected chi connectivity index (χ1v) is 6.50. The lowest BCUT2D eigenvalue weighted by atomic mass is 10.1. The van der Waals surface area contributed by atoms with Gasteiger partial charge < -0.3 is 10.8 Å². The Balaban J connectivity index is 2.66. The van der Waals surface area contributed by atoms with Crippen LogP contribution in [0.4, 0.5) is 0 Å². The second-order valence-corrected chi connectivity index (χ2v) is 5.30. The zero-order valence-corrected chi connectivity index (χ0v) is 11.0. The van der Waals surface area contributed by atoms with E-state index in [0.29, 0.717) is 0 Å². The fourth-order valence-electron chi connectivity index (χ4n) is 1.63. The molecule has 1 heterocycles. The highest BCUT2D eigenvalue weighted by Gasteiger charge is 2.19. The van der Waals surface area contributed by atoms with Crippen molar-refractivity contribution in [1.29, 1.82) is 0 Å². The molecule has 0 saturated carbocycles. The molecule has 0 aliphatic carbocycles. The first-order chi connectivity index (χ1) is 7.58. The maximum Gasteiger partial charge on any atom is 0.0943 e. The van der Waals surface area contributed by atoms with Crippen molar-refractivity contribution in [2.45, 2.75) is 43.0 Å². The van der Waals surface area contributed by atoms with Crippen molar-refractivity contribution in [3.05, 3.63) is 11.8 Å². The Labute approximate surface area is 101 Å². The summed E-state index contributed by atoms with van der Waals surface area (Å²) in [4.78, 5) is 0. The van der Waals surface area contributed by atoms with E-state index in [1.165, 1.54) is 0 Å². The molecule has 0 aromatic carbocycles. The van der Waals surface area contributed by atoms with Crippen LogP contribution in [0.5, 0.6) is 0 Å². The van der Waals surface area contributed by atoms with E-state index in [-0.39, 0.29) is 17.9 Å². The van der Waals surface area contributed by atoms with E-state index in [1.54, 1.807) is 11.8 Å². The van der Waals surface area contributed by atoms with Crippen LogP contribution in [0.2, 0.25) is 0 Å². The molecule has 0 bridgehead atoms. The van der Waals surface area contributed by atoms with Crippen molar-refractivity contribution in [2.75, 3.05) is 6.61 Å². The van der Waals surface area contributed by atoms with Crippen molar-refractivity contribution < 1.29 is 5.11 Å². The van der Waals surface area contributed by atoms with Crippen molar-refractivity contribution in [3.8, 4) is 0 Å². The van der Waals surface area contributed by atoms with Gasteiger partial charge in [-0.25, -0.2) is 0 Å². The molecule has 0 spiro atoms. The van der Waals surface area contributed by atoms with Crippen LogP contribution >= 0.6 is 11.8 Å². The lowest BCUT2D eigenvalue weighted by Crippen LogP contribution is -2.34. The van der Waals surface area contributed by atoms with Crippen LogP contribution in [0.25, 0.3) is 0 Å². The van der Waals surface area contributed by atoms with Gasteiger partial charge in [0.05, 0.1) is 17.3 Å². The third-order valence-corrected chi connectivity index (χ3v) is 3.94. The summed E-state index contributed by atoms with van der Waals surface area (Å²) in [6.45, 7) is 4.17. The molecule has 0 aliphatic rings. The second-order valence-electron chi connectivity index (χ2n) is 4.04. The monoisotopic (exact) mass is 243 g/mol. The zero-order chi connectivity index (χ0) is 12.1. The molecule has 0 fully saturated rings. The highest BCUT2D eigenvalue weighted by atomic mass is 32.2. The lowest BCUT2D eigenvalue weighted by Gasteiger charge is -2.20. The number of thioether (sulfide) groups is 1. The zero-order valence-electron chi connectivity index (χ0n) is 10.2. The van der Waals surface area contributed by atoms with E-state index in [9.17, 15) is 5.11 Å². The number of aryl methyl sites for hydroxylation is 2. The normalized spacial score (nSPS) is 15.1. The van der Waals surface area contributed by atoms with Gasteiger partial charge in [0.25, 0.3) is 0 Å². The lowest BCUT2D eigenvalue weighted by molar-refractivity contribution is 0.279. The topological polar surface area (TPSA) is 64.1 Å².